The first-order chi connectivity index (χ1) is 23.3. The van der Waals surface area contributed by atoms with E-state index >= 15 is 0 Å². The zero-order valence-electron chi connectivity index (χ0n) is 25.1. The Morgan fingerprint density at radius 3 is 2.40 bits per heavy atom. The third kappa shape index (κ3) is 8.31. The van der Waals surface area contributed by atoms with E-state index in [4.69, 9.17) is 23.2 Å². The smallest absolute Gasteiger partial charge is 0.272 e. The summed E-state index contributed by atoms with van der Waals surface area (Å²) in [6, 6.07) is 34.9. The monoisotopic (exact) mass is 708 g/mol. The van der Waals surface area contributed by atoms with Gasteiger partial charge >= 0.3 is 0 Å². The van der Waals surface area contributed by atoms with Gasteiger partial charge in [0.25, 0.3) is 11.8 Å². The summed E-state index contributed by atoms with van der Waals surface area (Å²) in [4.78, 5) is 44.6. The van der Waals surface area contributed by atoms with Crippen molar-refractivity contribution >= 4 is 91.7 Å². The second kappa shape index (κ2) is 15.3. The molecule has 238 valence electrons. The molecule has 11 heteroatoms. The summed E-state index contributed by atoms with van der Waals surface area (Å²) in [7, 11) is 0. The predicted octanol–water partition coefficient (Wildman–Crippen LogP) is 9.41. The van der Waals surface area contributed by atoms with Crippen LogP contribution < -0.4 is 16.0 Å². The van der Waals surface area contributed by atoms with E-state index in [9.17, 15) is 14.4 Å². The number of nitrogens with zero attached hydrogens (tertiary/aromatic N) is 1. The third-order valence-electron chi connectivity index (χ3n) is 7.07. The summed E-state index contributed by atoms with van der Waals surface area (Å²) in [5, 5.41) is 13.7. The van der Waals surface area contributed by atoms with Gasteiger partial charge in [-0.1, -0.05) is 96.0 Å². The number of hydrogen-bond acceptors (Lipinski definition) is 6. The Balaban J connectivity index is 1.10. The molecule has 48 heavy (non-hydrogen) atoms. The van der Waals surface area contributed by atoms with Crippen LogP contribution in [-0.2, 0) is 9.59 Å². The lowest BCUT2D eigenvalue weighted by Crippen LogP contribution is -2.30. The molecule has 0 aliphatic rings. The third-order valence-corrected chi connectivity index (χ3v) is 9.65. The van der Waals surface area contributed by atoms with E-state index in [2.05, 4.69) is 45.2 Å². The number of thioether (sulfide) groups is 1. The standard InChI is InChI=1S/C37H26Cl2N4O3S2/c38-30-15-6-12-27(34(30)39)19-31(41-35(45)24-9-2-1-3-10-24)36(46)40-28-13-7-14-29(20-28)47-22-33(44)43-37-42-32(21-48-37)26-17-16-23-8-4-5-11-25(23)18-26/h1-21H,22H2,(H,40,46)(H,41,45)(H,42,43,44)/b31-19+. The Hall–Kier alpha value is -4.93. The number of fused-ring (bicyclic) bond motifs is 1. The molecule has 0 unspecified atom stereocenters. The molecule has 6 aromatic rings. The molecular formula is C37H26Cl2N4O3S2. The maximum atomic E-state index is 13.5. The molecule has 5 aromatic carbocycles. The van der Waals surface area contributed by atoms with Crippen LogP contribution in [0.1, 0.15) is 15.9 Å². The van der Waals surface area contributed by atoms with Gasteiger partial charge in [-0.05, 0) is 64.9 Å². The maximum Gasteiger partial charge on any atom is 0.272 e. The first-order valence-corrected chi connectivity index (χ1v) is 17.3. The molecular weight excluding hydrogens is 683 g/mol. The van der Waals surface area contributed by atoms with Gasteiger partial charge in [-0.15, -0.1) is 23.1 Å². The maximum absolute atomic E-state index is 13.5. The van der Waals surface area contributed by atoms with Crippen molar-refractivity contribution in [1.82, 2.24) is 10.3 Å². The minimum absolute atomic E-state index is 0.0306. The molecule has 0 spiro atoms. The molecule has 0 bridgehead atoms. The molecule has 0 aliphatic carbocycles. The van der Waals surface area contributed by atoms with Crippen molar-refractivity contribution in [3.63, 3.8) is 0 Å². The van der Waals surface area contributed by atoms with Crippen molar-refractivity contribution in [2.75, 3.05) is 16.4 Å². The van der Waals surface area contributed by atoms with Crippen LogP contribution in [0.25, 0.3) is 28.1 Å². The van der Waals surface area contributed by atoms with Gasteiger partial charge in [0.1, 0.15) is 5.70 Å². The van der Waals surface area contributed by atoms with E-state index in [1.165, 1.54) is 29.2 Å². The number of carbonyl (C=O) groups excluding carboxylic acids is 3. The summed E-state index contributed by atoms with van der Waals surface area (Å²) < 4.78 is 0. The Morgan fingerprint density at radius 1 is 0.792 bits per heavy atom. The largest absolute Gasteiger partial charge is 0.321 e. The number of halogens is 2. The van der Waals surface area contributed by atoms with E-state index in [0.29, 0.717) is 27.0 Å². The van der Waals surface area contributed by atoms with E-state index in [1.54, 1.807) is 66.7 Å². The zero-order valence-corrected chi connectivity index (χ0v) is 28.2. The van der Waals surface area contributed by atoms with Gasteiger partial charge in [0.2, 0.25) is 5.91 Å². The Labute approximate surface area is 295 Å². The highest BCUT2D eigenvalue weighted by Gasteiger charge is 2.17. The number of thiazole rings is 1. The fourth-order valence-electron chi connectivity index (χ4n) is 4.71. The average Bonchev–Trinajstić information content (AvgIpc) is 3.57. The van der Waals surface area contributed by atoms with Gasteiger partial charge in [0, 0.05) is 27.1 Å². The summed E-state index contributed by atoms with van der Waals surface area (Å²) in [6.45, 7) is 0. The number of rotatable bonds is 10. The molecule has 1 aromatic heterocycles. The SMILES string of the molecule is O=C(CSc1cccc(NC(=O)/C(=C\c2cccc(Cl)c2Cl)NC(=O)c2ccccc2)c1)Nc1nc(-c2ccc3ccccc3c2)cs1. The van der Waals surface area contributed by atoms with Crippen LogP contribution in [0.2, 0.25) is 10.0 Å². The Kier molecular flexibility index (Phi) is 10.5. The van der Waals surface area contributed by atoms with Gasteiger partial charge in [0.15, 0.2) is 5.13 Å². The van der Waals surface area contributed by atoms with E-state index in [1.807, 2.05) is 29.6 Å². The quantitative estimate of drug-likeness (QED) is 0.0973. The first kappa shape index (κ1) is 33.0. The second-order valence-electron chi connectivity index (χ2n) is 10.4. The van der Waals surface area contributed by atoms with Crippen LogP contribution >= 0.6 is 46.3 Å². The first-order valence-electron chi connectivity index (χ1n) is 14.6. The highest BCUT2D eigenvalue weighted by molar-refractivity contribution is 8.00. The fraction of sp³-hybridized carbons (Fsp3) is 0.0270. The van der Waals surface area contributed by atoms with Crippen LogP contribution in [0.4, 0.5) is 10.8 Å². The van der Waals surface area contributed by atoms with E-state index in [-0.39, 0.29) is 22.4 Å². The molecule has 7 nitrogen and oxygen atoms in total. The van der Waals surface area contributed by atoms with Crippen molar-refractivity contribution < 1.29 is 14.4 Å². The van der Waals surface area contributed by atoms with Crippen LogP contribution in [-0.4, -0.2) is 28.5 Å². The number of hydrogen-bond donors (Lipinski definition) is 3. The van der Waals surface area contributed by atoms with Crippen LogP contribution in [0.3, 0.4) is 0 Å². The van der Waals surface area contributed by atoms with E-state index in [0.717, 1.165) is 26.9 Å². The molecule has 0 saturated heterocycles. The molecule has 0 fully saturated rings. The topological polar surface area (TPSA) is 100 Å². The number of nitrogens with one attached hydrogen (secondary N) is 3. The molecule has 3 amide bonds. The van der Waals surface area contributed by atoms with Crippen molar-refractivity contribution in [2.24, 2.45) is 0 Å². The summed E-state index contributed by atoms with van der Waals surface area (Å²) in [5.74, 6) is -1.11. The van der Waals surface area contributed by atoms with Crippen molar-refractivity contribution in [1.29, 1.82) is 0 Å². The minimum Gasteiger partial charge on any atom is -0.321 e. The summed E-state index contributed by atoms with van der Waals surface area (Å²) >= 11 is 15.2. The van der Waals surface area contributed by atoms with Gasteiger partial charge < -0.3 is 16.0 Å². The number of anilines is 2. The predicted molar refractivity (Wildman–Crippen MR) is 198 cm³/mol. The van der Waals surface area contributed by atoms with Crippen molar-refractivity contribution in [3.8, 4) is 11.3 Å². The summed E-state index contributed by atoms with van der Waals surface area (Å²) in [5.41, 5.74) is 3.06. The minimum atomic E-state index is -0.568. The van der Waals surface area contributed by atoms with E-state index < -0.39 is 11.8 Å². The summed E-state index contributed by atoms with van der Waals surface area (Å²) in [6.07, 6.45) is 1.47. The molecule has 3 N–H and O–H groups in total. The van der Waals surface area contributed by atoms with Gasteiger partial charge in [0.05, 0.1) is 21.5 Å². The normalized spacial score (nSPS) is 11.2. The number of carbonyl (C=O) groups is 3. The van der Waals surface area contributed by atoms with Crippen molar-refractivity contribution in [2.45, 2.75) is 4.90 Å². The molecule has 0 atom stereocenters. The average molecular weight is 710 g/mol. The number of benzene rings is 5. The number of amides is 3. The lowest BCUT2D eigenvalue weighted by Gasteiger charge is -2.13. The molecule has 1 heterocycles. The number of aromatic nitrogens is 1. The molecule has 6 rings (SSSR count). The lowest BCUT2D eigenvalue weighted by molar-refractivity contribution is -0.114. The van der Waals surface area contributed by atoms with Gasteiger partial charge in [-0.2, -0.15) is 0 Å². The van der Waals surface area contributed by atoms with Crippen LogP contribution in [0.5, 0.6) is 0 Å². The van der Waals surface area contributed by atoms with Crippen LogP contribution in [0, 0.1) is 0 Å². The fourth-order valence-corrected chi connectivity index (χ4v) is 6.56. The highest BCUT2D eigenvalue weighted by atomic mass is 35.5. The van der Waals surface area contributed by atoms with Crippen molar-refractivity contribution in [3.05, 3.63) is 148 Å². The highest BCUT2D eigenvalue weighted by Crippen LogP contribution is 2.29. The molecule has 0 radical (unpaired) electrons. The van der Waals surface area contributed by atoms with Gasteiger partial charge in [-0.3, -0.25) is 14.4 Å². The molecule has 0 aliphatic heterocycles. The lowest BCUT2D eigenvalue weighted by atomic mass is 10.1. The zero-order chi connectivity index (χ0) is 33.5. The second-order valence-corrected chi connectivity index (χ2v) is 13.1. The Morgan fingerprint density at radius 2 is 1.56 bits per heavy atom. The van der Waals surface area contributed by atoms with Crippen LogP contribution in [0.15, 0.2) is 131 Å². The van der Waals surface area contributed by atoms with Gasteiger partial charge in [-0.25, -0.2) is 4.98 Å². The Bertz CT molecular complexity index is 2170. The molecule has 0 saturated carbocycles.